The third-order valence-corrected chi connectivity index (χ3v) is 3.17. The van der Waals surface area contributed by atoms with Crippen molar-refractivity contribution in [1.82, 2.24) is 9.88 Å². The summed E-state index contributed by atoms with van der Waals surface area (Å²) in [6, 6.07) is 0.802. The van der Waals surface area contributed by atoms with Crippen LogP contribution in [0.2, 0.25) is 0 Å². The van der Waals surface area contributed by atoms with Crippen LogP contribution in [-0.4, -0.2) is 41.7 Å². The summed E-state index contributed by atoms with van der Waals surface area (Å²) >= 11 is 0. The number of piperidine rings is 1. The molecule has 0 spiro atoms. The first-order valence-electron chi connectivity index (χ1n) is 6.59. The molecule has 20 heavy (non-hydrogen) atoms. The van der Waals surface area contributed by atoms with Crippen LogP contribution in [0.1, 0.15) is 19.8 Å². The van der Waals surface area contributed by atoms with E-state index in [1.165, 1.54) is 0 Å². The number of pyridine rings is 1. The lowest BCUT2D eigenvalue weighted by atomic mass is 10.1. The number of halogens is 2. The van der Waals surface area contributed by atoms with Gasteiger partial charge in [0.15, 0.2) is 11.6 Å². The van der Waals surface area contributed by atoms with Gasteiger partial charge in [0.25, 0.3) is 0 Å². The van der Waals surface area contributed by atoms with Gasteiger partial charge in [0.1, 0.15) is 5.82 Å². The number of rotatable bonds is 3. The van der Waals surface area contributed by atoms with Gasteiger partial charge in [-0.15, -0.1) is 0 Å². The summed E-state index contributed by atoms with van der Waals surface area (Å²) in [7, 11) is 0. The highest BCUT2D eigenvalue weighted by atomic mass is 19.1. The first kappa shape index (κ1) is 14.5. The molecule has 0 radical (unpaired) electrons. The lowest BCUT2D eigenvalue weighted by molar-refractivity contribution is 0.0983. The van der Waals surface area contributed by atoms with Crippen molar-refractivity contribution in [3.8, 4) is 0 Å². The Morgan fingerprint density at radius 1 is 1.50 bits per heavy atom. The van der Waals surface area contributed by atoms with Crippen molar-refractivity contribution >= 4 is 11.9 Å². The van der Waals surface area contributed by atoms with E-state index in [0.29, 0.717) is 32.5 Å². The topological polar surface area (TPSA) is 54.5 Å². The zero-order chi connectivity index (χ0) is 14.5. The minimum absolute atomic E-state index is 0.00753. The van der Waals surface area contributed by atoms with Gasteiger partial charge in [0, 0.05) is 25.2 Å². The fourth-order valence-electron chi connectivity index (χ4n) is 2.14. The maximum absolute atomic E-state index is 13.5. The van der Waals surface area contributed by atoms with E-state index in [2.05, 4.69) is 10.3 Å². The fraction of sp³-hybridized carbons (Fsp3) is 0.538. The van der Waals surface area contributed by atoms with Gasteiger partial charge in [-0.2, -0.15) is 0 Å². The summed E-state index contributed by atoms with van der Waals surface area (Å²) in [4.78, 5) is 16.8. The van der Waals surface area contributed by atoms with Gasteiger partial charge < -0.3 is 15.0 Å². The SMILES string of the molecule is CCOC(=O)N1CCC(Nc2ncc(F)cc2F)CC1. The Bertz CT molecular complexity index is 477. The van der Waals surface area contributed by atoms with Crippen molar-refractivity contribution in [1.29, 1.82) is 0 Å². The number of likely N-dealkylation sites (tertiary alicyclic amines) is 1. The first-order chi connectivity index (χ1) is 9.60. The Labute approximate surface area is 115 Å². The number of carbonyl (C=O) groups is 1. The van der Waals surface area contributed by atoms with Gasteiger partial charge in [-0.3, -0.25) is 0 Å². The maximum atomic E-state index is 13.5. The number of amides is 1. The molecule has 1 amide bonds. The smallest absolute Gasteiger partial charge is 0.409 e. The van der Waals surface area contributed by atoms with Gasteiger partial charge in [0.05, 0.1) is 12.8 Å². The van der Waals surface area contributed by atoms with Crippen LogP contribution in [0.3, 0.4) is 0 Å². The Kier molecular flexibility index (Phi) is 4.70. The second-order valence-electron chi connectivity index (χ2n) is 4.59. The molecule has 0 atom stereocenters. The van der Waals surface area contributed by atoms with Crippen LogP contribution in [0, 0.1) is 11.6 Å². The normalized spacial score (nSPS) is 16.1. The van der Waals surface area contributed by atoms with E-state index in [0.717, 1.165) is 12.3 Å². The van der Waals surface area contributed by atoms with E-state index < -0.39 is 11.6 Å². The number of hydrogen-bond acceptors (Lipinski definition) is 4. The van der Waals surface area contributed by atoms with E-state index >= 15 is 0 Å². The third-order valence-electron chi connectivity index (χ3n) is 3.17. The van der Waals surface area contributed by atoms with Crippen LogP contribution in [0.5, 0.6) is 0 Å². The van der Waals surface area contributed by atoms with Crippen LogP contribution in [0.4, 0.5) is 19.4 Å². The summed E-state index contributed by atoms with van der Waals surface area (Å²) in [5, 5.41) is 2.94. The van der Waals surface area contributed by atoms with E-state index in [9.17, 15) is 13.6 Å². The number of aromatic nitrogens is 1. The molecular formula is C13H17F2N3O2. The number of anilines is 1. The van der Waals surface area contributed by atoms with E-state index in [1.807, 2.05) is 0 Å². The van der Waals surface area contributed by atoms with E-state index in [4.69, 9.17) is 4.74 Å². The Hall–Kier alpha value is -1.92. The molecule has 5 nitrogen and oxygen atoms in total. The van der Waals surface area contributed by atoms with Crippen molar-refractivity contribution in [3.63, 3.8) is 0 Å². The second-order valence-corrected chi connectivity index (χ2v) is 4.59. The molecule has 0 unspecified atom stereocenters. The van der Waals surface area contributed by atoms with Gasteiger partial charge in [-0.25, -0.2) is 18.6 Å². The predicted octanol–water partition coefficient (Wildman–Crippen LogP) is 2.39. The Balaban J connectivity index is 1.86. The summed E-state index contributed by atoms with van der Waals surface area (Å²) in [6.45, 7) is 3.19. The average Bonchev–Trinajstić information content (AvgIpc) is 2.43. The van der Waals surface area contributed by atoms with Crippen LogP contribution in [0.15, 0.2) is 12.3 Å². The molecule has 7 heteroatoms. The number of carbonyl (C=O) groups excluding carboxylic acids is 1. The highest BCUT2D eigenvalue weighted by Gasteiger charge is 2.24. The molecule has 0 aliphatic carbocycles. The fourth-order valence-corrected chi connectivity index (χ4v) is 2.14. The Morgan fingerprint density at radius 2 is 2.20 bits per heavy atom. The van der Waals surface area contributed by atoms with Gasteiger partial charge in [0.2, 0.25) is 0 Å². The van der Waals surface area contributed by atoms with Crippen molar-refractivity contribution in [2.75, 3.05) is 25.0 Å². The molecule has 2 heterocycles. The van der Waals surface area contributed by atoms with Crippen LogP contribution < -0.4 is 5.32 Å². The molecule has 0 bridgehead atoms. The number of hydrogen-bond donors (Lipinski definition) is 1. The van der Waals surface area contributed by atoms with Crippen molar-refractivity contribution in [2.45, 2.75) is 25.8 Å². The number of ether oxygens (including phenoxy) is 1. The molecule has 1 aromatic rings. The highest BCUT2D eigenvalue weighted by Crippen LogP contribution is 2.18. The largest absolute Gasteiger partial charge is 0.450 e. The van der Waals surface area contributed by atoms with Crippen molar-refractivity contribution in [2.24, 2.45) is 0 Å². The Morgan fingerprint density at radius 3 is 2.80 bits per heavy atom. The molecule has 1 saturated heterocycles. The van der Waals surface area contributed by atoms with Crippen molar-refractivity contribution < 1.29 is 18.3 Å². The molecular weight excluding hydrogens is 268 g/mol. The molecule has 1 fully saturated rings. The van der Waals surface area contributed by atoms with Gasteiger partial charge in [-0.1, -0.05) is 0 Å². The van der Waals surface area contributed by atoms with E-state index in [1.54, 1.807) is 11.8 Å². The minimum Gasteiger partial charge on any atom is -0.450 e. The lowest BCUT2D eigenvalue weighted by Crippen LogP contribution is -2.42. The molecule has 110 valence electrons. The average molecular weight is 285 g/mol. The quantitative estimate of drug-likeness (QED) is 0.926. The monoisotopic (exact) mass is 285 g/mol. The number of nitrogens with zero attached hydrogens (tertiary/aromatic N) is 2. The van der Waals surface area contributed by atoms with Crippen LogP contribution in [-0.2, 0) is 4.74 Å². The van der Waals surface area contributed by atoms with Crippen LogP contribution in [0.25, 0.3) is 0 Å². The predicted molar refractivity (Wildman–Crippen MR) is 69.4 cm³/mol. The zero-order valence-corrected chi connectivity index (χ0v) is 11.2. The van der Waals surface area contributed by atoms with Crippen molar-refractivity contribution in [3.05, 3.63) is 23.9 Å². The number of nitrogens with one attached hydrogen (secondary N) is 1. The second kappa shape index (κ2) is 6.49. The maximum Gasteiger partial charge on any atom is 0.409 e. The summed E-state index contributed by atoms with van der Waals surface area (Å²) in [5.41, 5.74) is 0. The molecule has 1 aliphatic heterocycles. The molecule has 1 N–H and O–H groups in total. The van der Waals surface area contributed by atoms with Gasteiger partial charge >= 0.3 is 6.09 Å². The molecule has 0 saturated carbocycles. The van der Waals surface area contributed by atoms with Gasteiger partial charge in [-0.05, 0) is 19.8 Å². The first-order valence-corrected chi connectivity index (χ1v) is 6.59. The molecule has 1 aromatic heterocycles. The molecule has 1 aliphatic rings. The standard InChI is InChI=1S/C13H17F2N3O2/c1-2-20-13(19)18-5-3-10(4-6-18)17-12-11(15)7-9(14)8-16-12/h7-8,10H,2-6H2,1H3,(H,16,17). The lowest BCUT2D eigenvalue weighted by Gasteiger charge is -2.31. The molecule has 2 rings (SSSR count). The summed E-state index contributed by atoms with van der Waals surface area (Å²) < 4.78 is 31.1. The molecule has 0 aromatic carbocycles. The van der Waals surface area contributed by atoms with Crippen LogP contribution >= 0.6 is 0 Å². The summed E-state index contributed by atoms with van der Waals surface area (Å²) in [5.74, 6) is -1.37. The summed E-state index contributed by atoms with van der Waals surface area (Å²) in [6.07, 6.45) is 1.98. The van der Waals surface area contributed by atoms with E-state index in [-0.39, 0.29) is 18.0 Å². The zero-order valence-electron chi connectivity index (χ0n) is 11.2. The third kappa shape index (κ3) is 3.55. The highest BCUT2D eigenvalue weighted by molar-refractivity contribution is 5.67. The minimum atomic E-state index is -0.710.